The molecule has 3 heterocycles. The summed E-state index contributed by atoms with van der Waals surface area (Å²) in [4.78, 5) is 6.53. The third-order valence-corrected chi connectivity index (χ3v) is 3.55. The van der Waals surface area contributed by atoms with Gasteiger partial charge in [0.05, 0.1) is 12.4 Å². The van der Waals surface area contributed by atoms with Gasteiger partial charge in [-0.1, -0.05) is 6.42 Å². The largest absolute Gasteiger partial charge is 0.367 e. The van der Waals surface area contributed by atoms with Crippen LogP contribution < -0.4 is 5.32 Å². The molecule has 3 rings (SSSR count). The highest BCUT2D eigenvalue weighted by atomic mass is 15.5. The molecule has 96 valence electrons. The molecule has 1 atom stereocenters. The van der Waals surface area contributed by atoms with E-state index in [1.54, 1.807) is 16.9 Å². The summed E-state index contributed by atoms with van der Waals surface area (Å²) in [7, 11) is 2.18. The first-order chi connectivity index (χ1) is 8.84. The van der Waals surface area contributed by atoms with E-state index < -0.39 is 0 Å². The zero-order chi connectivity index (χ0) is 12.4. The smallest absolute Gasteiger partial charge is 0.199 e. The zero-order valence-corrected chi connectivity index (χ0v) is 10.5. The molecule has 1 saturated heterocycles. The topological polar surface area (TPSA) is 71.2 Å². The molecule has 0 aromatic carbocycles. The molecule has 1 fully saturated rings. The van der Waals surface area contributed by atoms with Crippen molar-refractivity contribution in [2.45, 2.75) is 25.3 Å². The quantitative estimate of drug-likeness (QED) is 0.847. The number of hydrogen-bond donors (Lipinski definition) is 1. The van der Waals surface area contributed by atoms with Gasteiger partial charge in [0.1, 0.15) is 5.82 Å². The average molecular weight is 247 g/mol. The van der Waals surface area contributed by atoms with Crippen molar-refractivity contribution in [3.8, 4) is 0 Å². The molecule has 0 amide bonds. The van der Waals surface area contributed by atoms with Crippen LogP contribution in [-0.2, 0) is 0 Å². The molecule has 0 spiro atoms. The summed E-state index contributed by atoms with van der Waals surface area (Å²) in [6.07, 6.45) is 7.26. The average Bonchev–Trinajstić information content (AvgIpc) is 2.86. The minimum atomic E-state index is 0.575. The Morgan fingerprint density at radius 1 is 1.39 bits per heavy atom. The van der Waals surface area contributed by atoms with Gasteiger partial charge in [-0.05, 0) is 36.9 Å². The van der Waals surface area contributed by atoms with Gasteiger partial charge in [-0.25, -0.2) is 0 Å². The number of aromatic nitrogens is 5. The van der Waals surface area contributed by atoms with E-state index in [4.69, 9.17) is 0 Å². The third-order valence-electron chi connectivity index (χ3n) is 3.55. The minimum absolute atomic E-state index is 0.575. The van der Waals surface area contributed by atoms with Crippen molar-refractivity contribution in [2.75, 3.05) is 25.5 Å². The molecule has 1 aliphatic rings. The fraction of sp³-hybridized carbons (Fsp3) is 0.636. The Morgan fingerprint density at radius 2 is 2.33 bits per heavy atom. The molecule has 0 radical (unpaired) electrons. The fourth-order valence-corrected chi connectivity index (χ4v) is 2.42. The molecule has 2 aromatic rings. The van der Waals surface area contributed by atoms with Crippen LogP contribution in [0.5, 0.6) is 0 Å². The Hall–Kier alpha value is -1.76. The molecular formula is C11H17N7. The molecule has 0 bridgehead atoms. The van der Waals surface area contributed by atoms with Crippen molar-refractivity contribution in [3.05, 3.63) is 12.4 Å². The maximum atomic E-state index is 4.13. The van der Waals surface area contributed by atoms with Crippen molar-refractivity contribution in [2.24, 2.45) is 0 Å². The number of likely N-dealkylation sites (tertiary alicyclic amines) is 1. The van der Waals surface area contributed by atoms with E-state index in [0.717, 1.165) is 12.4 Å². The molecule has 0 saturated carbocycles. The van der Waals surface area contributed by atoms with E-state index in [9.17, 15) is 0 Å². The number of nitrogens with one attached hydrogen (secondary N) is 1. The number of anilines is 1. The van der Waals surface area contributed by atoms with Gasteiger partial charge in [-0.3, -0.25) is 4.98 Å². The van der Waals surface area contributed by atoms with E-state index in [0.29, 0.717) is 11.7 Å². The first kappa shape index (κ1) is 11.3. The number of fused-ring (bicyclic) bond motifs is 1. The first-order valence-electron chi connectivity index (χ1n) is 6.31. The van der Waals surface area contributed by atoms with Crippen LogP contribution in [0.25, 0.3) is 5.65 Å². The maximum absolute atomic E-state index is 4.13. The second-order valence-corrected chi connectivity index (χ2v) is 4.75. The molecule has 1 unspecified atom stereocenters. The molecule has 7 heteroatoms. The molecular weight excluding hydrogens is 230 g/mol. The monoisotopic (exact) mass is 247 g/mol. The Labute approximate surface area is 105 Å². The van der Waals surface area contributed by atoms with E-state index in [-0.39, 0.29) is 0 Å². The lowest BCUT2D eigenvalue weighted by molar-refractivity contribution is 0.194. The minimum Gasteiger partial charge on any atom is -0.367 e. The normalized spacial score (nSPS) is 21.3. The molecule has 1 N–H and O–H groups in total. The summed E-state index contributed by atoms with van der Waals surface area (Å²) in [6.45, 7) is 2.08. The molecule has 7 nitrogen and oxygen atoms in total. The highest BCUT2D eigenvalue weighted by Crippen LogP contribution is 2.15. The molecule has 18 heavy (non-hydrogen) atoms. The van der Waals surface area contributed by atoms with Gasteiger partial charge in [0.2, 0.25) is 0 Å². The van der Waals surface area contributed by atoms with Gasteiger partial charge in [0.15, 0.2) is 5.65 Å². The number of rotatable bonds is 3. The van der Waals surface area contributed by atoms with Crippen molar-refractivity contribution in [1.82, 2.24) is 29.9 Å². The maximum Gasteiger partial charge on any atom is 0.199 e. The highest BCUT2D eigenvalue weighted by Gasteiger charge is 2.18. The summed E-state index contributed by atoms with van der Waals surface area (Å²) >= 11 is 0. The zero-order valence-electron chi connectivity index (χ0n) is 10.5. The van der Waals surface area contributed by atoms with Crippen LogP contribution >= 0.6 is 0 Å². The van der Waals surface area contributed by atoms with Crippen LogP contribution in [0.4, 0.5) is 5.82 Å². The Balaban J connectivity index is 1.71. The van der Waals surface area contributed by atoms with E-state index in [1.165, 1.54) is 25.8 Å². The standard InChI is InChI=1S/C11H17N7/c1-17-5-3-2-4-9(17)6-13-10-7-12-8-11-14-15-16-18(10)11/h7-9,13H,2-6H2,1H3. The van der Waals surface area contributed by atoms with Crippen LogP contribution in [0, 0.1) is 0 Å². The van der Waals surface area contributed by atoms with Crippen molar-refractivity contribution in [3.63, 3.8) is 0 Å². The predicted molar refractivity (Wildman–Crippen MR) is 67.3 cm³/mol. The first-order valence-corrected chi connectivity index (χ1v) is 6.31. The third kappa shape index (κ3) is 2.13. The lowest BCUT2D eigenvalue weighted by Gasteiger charge is -2.32. The van der Waals surface area contributed by atoms with E-state index >= 15 is 0 Å². The van der Waals surface area contributed by atoms with Gasteiger partial charge in [-0.15, -0.1) is 5.10 Å². The summed E-state index contributed by atoms with van der Waals surface area (Å²) in [6, 6.07) is 0.575. The number of likely N-dealkylation sites (N-methyl/N-ethyl adjacent to an activating group) is 1. The van der Waals surface area contributed by atoms with Gasteiger partial charge >= 0.3 is 0 Å². The van der Waals surface area contributed by atoms with Crippen molar-refractivity contribution < 1.29 is 0 Å². The van der Waals surface area contributed by atoms with Gasteiger partial charge in [0.25, 0.3) is 0 Å². The van der Waals surface area contributed by atoms with E-state index in [1.807, 2.05) is 0 Å². The fourth-order valence-electron chi connectivity index (χ4n) is 2.42. The summed E-state index contributed by atoms with van der Waals surface area (Å²) in [5.74, 6) is 0.844. The van der Waals surface area contributed by atoms with Crippen molar-refractivity contribution in [1.29, 1.82) is 0 Å². The second-order valence-electron chi connectivity index (χ2n) is 4.75. The van der Waals surface area contributed by atoms with Crippen LogP contribution in [0.15, 0.2) is 12.4 Å². The van der Waals surface area contributed by atoms with E-state index in [2.05, 4.69) is 37.8 Å². The van der Waals surface area contributed by atoms with Crippen molar-refractivity contribution >= 4 is 11.5 Å². The Morgan fingerprint density at radius 3 is 3.22 bits per heavy atom. The molecule has 2 aromatic heterocycles. The van der Waals surface area contributed by atoms with Gasteiger partial charge < -0.3 is 10.2 Å². The second kappa shape index (κ2) is 4.85. The summed E-state index contributed by atoms with van der Waals surface area (Å²) in [5, 5.41) is 14.9. The highest BCUT2D eigenvalue weighted by molar-refractivity contribution is 5.43. The number of piperidine rings is 1. The predicted octanol–water partition coefficient (Wildman–Crippen LogP) is 0.415. The lowest BCUT2D eigenvalue weighted by atomic mass is 10.0. The molecule has 1 aliphatic heterocycles. The Kier molecular flexibility index (Phi) is 3.06. The lowest BCUT2D eigenvalue weighted by Crippen LogP contribution is -2.41. The van der Waals surface area contributed by atoms with Gasteiger partial charge in [-0.2, -0.15) is 4.52 Å². The summed E-state index contributed by atoms with van der Waals surface area (Å²) in [5.41, 5.74) is 0.664. The SMILES string of the molecule is CN1CCCCC1CNc1cncc2nnnn12. The van der Waals surface area contributed by atoms with Crippen LogP contribution in [0.1, 0.15) is 19.3 Å². The van der Waals surface area contributed by atoms with Crippen LogP contribution in [-0.4, -0.2) is 56.1 Å². The number of hydrogen-bond acceptors (Lipinski definition) is 6. The summed E-state index contributed by atoms with van der Waals surface area (Å²) < 4.78 is 1.68. The van der Waals surface area contributed by atoms with Gasteiger partial charge in [0, 0.05) is 12.6 Å². The van der Waals surface area contributed by atoms with Crippen LogP contribution in [0.3, 0.4) is 0 Å². The molecule has 0 aliphatic carbocycles. The number of nitrogens with zero attached hydrogens (tertiary/aromatic N) is 6. The Bertz CT molecular complexity index is 523. The number of tetrazole rings is 1. The van der Waals surface area contributed by atoms with Crippen LogP contribution in [0.2, 0.25) is 0 Å².